The summed E-state index contributed by atoms with van der Waals surface area (Å²) in [6.45, 7) is 9.83. The molecule has 2 nitrogen and oxygen atoms in total. The van der Waals surface area contributed by atoms with Gasteiger partial charge in [-0.05, 0) is 81.0 Å². The van der Waals surface area contributed by atoms with Crippen LogP contribution in [-0.2, 0) is 0 Å². The molecule has 0 radical (unpaired) electrons. The van der Waals surface area contributed by atoms with Crippen molar-refractivity contribution < 1.29 is 4.74 Å². The highest BCUT2D eigenvalue weighted by Crippen LogP contribution is 2.34. The van der Waals surface area contributed by atoms with E-state index in [9.17, 15) is 0 Å². The van der Waals surface area contributed by atoms with E-state index in [2.05, 4.69) is 78.0 Å². The molecule has 1 heterocycles. The molecule has 1 saturated heterocycles. The summed E-state index contributed by atoms with van der Waals surface area (Å²) in [7, 11) is 0. The van der Waals surface area contributed by atoms with Gasteiger partial charge in [0.2, 0.25) is 0 Å². The van der Waals surface area contributed by atoms with Gasteiger partial charge in [-0.25, -0.2) is 0 Å². The first-order chi connectivity index (χ1) is 12.1. The zero-order valence-electron chi connectivity index (χ0n) is 15.5. The molecule has 0 unspecified atom stereocenters. The van der Waals surface area contributed by atoms with E-state index >= 15 is 0 Å². The number of likely N-dealkylation sites (tertiary alicyclic amines) is 1. The Morgan fingerprint density at radius 3 is 2.52 bits per heavy atom. The third kappa shape index (κ3) is 4.27. The third-order valence-corrected chi connectivity index (χ3v) is 6.24. The lowest BCUT2D eigenvalue weighted by Gasteiger charge is -2.21. The van der Waals surface area contributed by atoms with E-state index in [1.807, 2.05) is 0 Å². The van der Waals surface area contributed by atoms with Crippen molar-refractivity contribution in [1.29, 1.82) is 0 Å². The van der Waals surface area contributed by atoms with Crippen LogP contribution in [0.2, 0.25) is 0 Å². The Bertz CT molecular complexity index is 728. The van der Waals surface area contributed by atoms with E-state index in [-0.39, 0.29) is 0 Å². The molecule has 25 heavy (non-hydrogen) atoms. The second-order valence-electron chi connectivity index (χ2n) is 7.07. The van der Waals surface area contributed by atoms with E-state index in [4.69, 9.17) is 4.74 Å². The van der Waals surface area contributed by atoms with Crippen molar-refractivity contribution in [3.8, 4) is 16.9 Å². The fourth-order valence-corrected chi connectivity index (χ4v) is 4.10. The van der Waals surface area contributed by atoms with Crippen LogP contribution < -0.4 is 4.74 Å². The zero-order valence-corrected chi connectivity index (χ0v) is 17.1. The summed E-state index contributed by atoms with van der Waals surface area (Å²) in [5, 5.41) is 0. The monoisotopic (exact) mass is 401 g/mol. The first kappa shape index (κ1) is 18.5. The minimum absolute atomic E-state index is 0.740. The SMILES string of the molecule is Cc1c(Br)cccc1-c1cccc(OCCCN2CCC[C@H]2C)c1C. The van der Waals surface area contributed by atoms with Crippen LogP contribution >= 0.6 is 15.9 Å². The third-order valence-electron chi connectivity index (χ3n) is 5.38. The fraction of sp³-hybridized carbons (Fsp3) is 0.455. The lowest BCUT2D eigenvalue weighted by Crippen LogP contribution is -2.28. The van der Waals surface area contributed by atoms with E-state index < -0.39 is 0 Å². The normalized spacial score (nSPS) is 17.8. The van der Waals surface area contributed by atoms with Gasteiger partial charge in [0.25, 0.3) is 0 Å². The molecule has 2 aromatic rings. The molecule has 0 saturated carbocycles. The van der Waals surface area contributed by atoms with E-state index in [0.29, 0.717) is 0 Å². The number of hydrogen-bond acceptors (Lipinski definition) is 2. The molecule has 1 fully saturated rings. The van der Waals surface area contributed by atoms with Crippen LogP contribution in [0.5, 0.6) is 5.75 Å². The van der Waals surface area contributed by atoms with Crippen molar-refractivity contribution in [3.63, 3.8) is 0 Å². The smallest absolute Gasteiger partial charge is 0.122 e. The van der Waals surface area contributed by atoms with E-state index in [1.165, 1.54) is 41.6 Å². The number of rotatable bonds is 6. The molecule has 3 rings (SSSR count). The molecule has 2 aromatic carbocycles. The maximum atomic E-state index is 6.13. The molecular weight excluding hydrogens is 374 g/mol. The summed E-state index contributed by atoms with van der Waals surface area (Å²) in [6.07, 6.45) is 3.77. The zero-order chi connectivity index (χ0) is 17.8. The minimum Gasteiger partial charge on any atom is -0.493 e. The molecule has 1 aliphatic rings. The summed E-state index contributed by atoms with van der Waals surface area (Å²) < 4.78 is 7.27. The Balaban J connectivity index is 1.66. The first-order valence-electron chi connectivity index (χ1n) is 9.30. The second kappa shape index (κ2) is 8.37. The molecule has 1 aliphatic heterocycles. The van der Waals surface area contributed by atoms with Gasteiger partial charge in [-0.2, -0.15) is 0 Å². The molecule has 0 bridgehead atoms. The van der Waals surface area contributed by atoms with Crippen LogP contribution in [0.4, 0.5) is 0 Å². The Labute approximate surface area is 160 Å². The largest absolute Gasteiger partial charge is 0.493 e. The van der Waals surface area contributed by atoms with Crippen molar-refractivity contribution in [2.24, 2.45) is 0 Å². The minimum atomic E-state index is 0.740. The van der Waals surface area contributed by atoms with Crippen molar-refractivity contribution in [2.45, 2.75) is 46.1 Å². The van der Waals surface area contributed by atoms with Crippen molar-refractivity contribution in [3.05, 3.63) is 52.0 Å². The Morgan fingerprint density at radius 2 is 1.80 bits per heavy atom. The number of halogens is 1. The van der Waals surface area contributed by atoms with Crippen LogP contribution in [0.3, 0.4) is 0 Å². The lowest BCUT2D eigenvalue weighted by atomic mass is 9.96. The van der Waals surface area contributed by atoms with Gasteiger partial charge >= 0.3 is 0 Å². The van der Waals surface area contributed by atoms with Gasteiger partial charge in [-0.3, -0.25) is 0 Å². The highest BCUT2D eigenvalue weighted by Gasteiger charge is 2.19. The van der Waals surface area contributed by atoms with Crippen LogP contribution in [0.1, 0.15) is 37.3 Å². The standard InChI is InChI=1S/C22H28BrNO/c1-16-8-6-13-24(16)14-7-15-25-22-12-5-10-20(18(22)3)19-9-4-11-21(23)17(19)2/h4-5,9-12,16H,6-8,13-15H2,1-3H3/t16-/m1/s1. The van der Waals surface area contributed by atoms with Gasteiger partial charge in [-0.1, -0.05) is 40.2 Å². The molecule has 0 aliphatic carbocycles. The second-order valence-corrected chi connectivity index (χ2v) is 7.92. The predicted octanol–water partition coefficient (Wildman–Crippen LogP) is 5.99. The highest BCUT2D eigenvalue weighted by molar-refractivity contribution is 9.10. The Morgan fingerprint density at radius 1 is 1.08 bits per heavy atom. The summed E-state index contributed by atoms with van der Waals surface area (Å²) >= 11 is 3.64. The van der Waals surface area contributed by atoms with Crippen molar-refractivity contribution in [1.82, 2.24) is 4.90 Å². The van der Waals surface area contributed by atoms with Gasteiger partial charge in [0.1, 0.15) is 5.75 Å². The van der Waals surface area contributed by atoms with Crippen molar-refractivity contribution >= 4 is 15.9 Å². The molecule has 1 atom stereocenters. The van der Waals surface area contributed by atoms with Crippen LogP contribution in [-0.4, -0.2) is 30.6 Å². The van der Waals surface area contributed by atoms with Gasteiger partial charge in [0.05, 0.1) is 6.61 Å². The van der Waals surface area contributed by atoms with Gasteiger partial charge < -0.3 is 9.64 Å². The average molecular weight is 402 g/mol. The summed E-state index contributed by atoms with van der Waals surface area (Å²) in [5.41, 5.74) is 5.01. The van der Waals surface area contributed by atoms with E-state index in [0.717, 1.165) is 35.8 Å². The maximum absolute atomic E-state index is 6.13. The number of ether oxygens (including phenoxy) is 1. The van der Waals surface area contributed by atoms with E-state index in [1.54, 1.807) is 0 Å². The van der Waals surface area contributed by atoms with Gasteiger partial charge in [0, 0.05) is 17.1 Å². The van der Waals surface area contributed by atoms with Gasteiger partial charge in [-0.15, -0.1) is 0 Å². The maximum Gasteiger partial charge on any atom is 0.122 e. The molecule has 0 N–H and O–H groups in total. The number of benzene rings is 2. The summed E-state index contributed by atoms with van der Waals surface area (Å²) in [4.78, 5) is 2.58. The van der Waals surface area contributed by atoms with Crippen LogP contribution in [0.25, 0.3) is 11.1 Å². The topological polar surface area (TPSA) is 12.5 Å². The lowest BCUT2D eigenvalue weighted by molar-refractivity contribution is 0.230. The van der Waals surface area contributed by atoms with Crippen LogP contribution in [0, 0.1) is 13.8 Å². The highest BCUT2D eigenvalue weighted by atomic mass is 79.9. The summed E-state index contributed by atoms with van der Waals surface area (Å²) in [5.74, 6) is 1.01. The number of nitrogens with zero attached hydrogens (tertiary/aromatic N) is 1. The molecule has 134 valence electrons. The molecule has 0 spiro atoms. The Kier molecular flexibility index (Phi) is 6.19. The van der Waals surface area contributed by atoms with Crippen LogP contribution in [0.15, 0.2) is 40.9 Å². The van der Waals surface area contributed by atoms with Gasteiger partial charge in [0.15, 0.2) is 0 Å². The molecule has 0 amide bonds. The average Bonchev–Trinajstić information content (AvgIpc) is 3.01. The fourth-order valence-electron chi connectivity index (χ4n) is 3.74. The predicted molar refractivity (Wildman–Crippen MR) is 109 cm³/mol. The Hall–Kier alpha value is -1.32. The van der Waals surface area contributed by atoms with Crippen molar-refractivity contribution in [2.75, 3.05) is 19.7 Å². The number of hydrogen-bond donors (Lipinski definition) is 0. The molecular formula is C22H28BrNO. The molecule has 3 heteroatoms. The quantitative estimate of drug-likeness (QED) is 0.551. The molecule has 0 aromatic heterocycles. The first-order valence-corrected chi connectivity index (χ1v) is 10.1. The summed E-state index contributed by atoms with van der Waals surface area (Å²) in [6, 6.07) is 13.5.